The molecule has 0 radical (unpaired) electrons. The largest absolute Gasteiger partial charge is 0.497 e. The number of urea groups is 1. The number of ether oxygens (including phenoxy) is 1. The summed E-state index contributed by atoms with van der Waals surface area (Å²) in [5.41, 5.74) is 1.98. The van der Waals surface area contributed by atoms with Gasteiger partial charge in [-0.05, 0) is 42.3 Å². The Bertz CT molecular complexity index is 990. The van der Waals surface area contributed by atoms with Crippen LogP contribution in [-0.2, 0) is 20.8 Å². The molecule has 9 heteroatoms. The molecule has 0 unspecified atom stereocenters. The number of nitrogens with one attached hydrogen (secondary N) is 3. The van der Waals surface area contributed by atoms with Crippen LogP contribution in [0, 0.1) is 0 Å². The summed E-state index contributed by atoms with van der Waals surface area (Å²) in [5, 5.41) is 7.87. The Morgan fingerprint density at radius 3 is 2.39 bits per heavy atom. The maximum absolute atomic E-state index is 12.6. The molecule has 3 rings (SSSR count). The van der Waals surface area contributed by atoms with Gasteiger partial charge in [0, 0.05) is 24.8 Å². The Kier molecular flexibility index (Phi) is 6.86. The van der Waals surface area contributed by atoms with Gasteiger partial charge in [0.2, 0.25) is 11.8 Å². The summed E-state index contributed by atoms with van der Waals surface area (Å²) in [6.07, 6.45) is 0.311. The van der Waals surface area contributed by atoms with Crippen LogP contribution < -0.4 is 20.7 Å². The van der Waals surface area contributed by atoms with E-state index in [2.05, 4.69) is 16.0 Å². The Balaban J connectivity index is 1.54. The highest BCUT2D eigenvalue weighted by Crippen LogP contribution is 2.17. The monoisotopic (exact) mass is 424 g/mol. The standard InChI is InChI=1S/C22H24N4O5/c1-14(27)23-16-4-3-5-17(12-16)24-20(28)13-19-21(29)26(22(30)25-19)11-10-15-6-8-18(31-2)9-7-15/h3-9,12,19H,10-11,13H2,1-2H3,(H,23,27)(H,24,28)(H,25,30)/t19-/m1/s1. The van der Waals surface area contributed by atoms with Gasteiger partial charge in [-0.2, -0.15) is 0 Å². The van der Waals surface area contributed by atoms with Gasteiger partial charge in [-0.25, -0.2) is 4.79 Å². The predicted octanol–water partition coefficient (Wildman–Crippen LogP) is 2.15. The van der Waals surface area contributed by atoms with Crippen LogP contribution in [0.4, 0.5) is 16.2 Å². The van der Waals surface area contributed by atoms with Crippen LogP contribution in [0.1, 0.15) is 18.9 Å². The number of amides is 5. The Morgan fingerprint density at radius 2 is 1.74 bits per heavy atom. The fourth-order valence-corrected chi connectivity index (χ4v) is 3.24. The van der Waals surface area contributed by atoms with E-state index in [1.807, 2.05) is 24.3 Å². The van der Waals surface area contributed by atoms with Crippen molar-refractivity contribution in [2.24, 2.45) is 0 Å². The minimum atomic E-state index is -0.915. The van der Waals surface area contributed by atoms with E-state index in [9.17, 15) is 19.2 Å². The van der Waals surface area contributed by atoms with E-state index < -0.39 is 23.9 Å². The normalized spacial score (nSPS) is 15.4. The lowest BCUT2D eigenvalue weighted by atomic mass is 10.1. The highest BCUT2D eigenvalue weighted by atomic mass is 16.5. The quantitative estimate of drug-likeness (QED) is 0.562. The first-order valence-electron chi connectivity index (χ1n) is 9.78. The molecule has 0 aromatic heterocycles. The molecule has 1 fully saturated rings. The molecule has 2 aromatic carbocycles. The molecule has 1 saturated heterocycles. The first-order valence-corrected chi connectivity index (χ1v) is 9.78. The fourth-order valence-electron chi connectivity index (χ4n) is 3.24. The van der Waals surface area contributed by atoms with Crippen LogP contribution in [0.25, 0.3) is 0 Å². The lowest BCUT2D eigenvalue weighted by molar-refractivity contribution is -0.129. The molecule has 1 aliphatic heterocycles. The third kappa shape index (κ3) is 5.81. The summed E-state index contributed by atoms with van der Waals surface area (Å²) in [6.45, 7) is 1.61. The summed E-state index contributed by atoms with van der Waals surface area (Å²) >= 11 is 0. The van der Waals surface area contributed by atoms with Crippen molar-refractivity contribution in [1.82, 2.24) is 10.2 Å². The van der Waals surface area contributed by atoms with E-state index in [-0.39, 0.29) is 18.9 Å². The SMILES string of the molecule is COc1ccc(CCN2C(=O)N[C@H](CC(=O)Nc3cccc(NC(C)=O)c3)C2=O)cc1. The van der Waals surface area contributed by atoms with Gasteiger partial charge in [-0.1, -0.05) is 18.2 Å². The number of imide groups is 1. The van der Waals surface area contributed by atoms with Gasteiger partial charge >= 0.3 is 6.03 Å². The maximum atomic E-state index is 12.6. The van der Waals surface area contributed by atoms with Gasteiger partial charge in [0.05, 0.1) is 13.5 Å². The van der Waals surface area contributed by atoms with Crippen molar-refractivity contribution in [2.75, 3.05) is 24.3 Å². The summed E-state index contributed by atoms with van der Waals surface area (Å²) in [7, 11) is 1.58. The van der Waals surface area contributed by atoms with Gasteiger partial charge in [-0.3, -0.25) is 19.3 Å². The molecule has 0 aliphatic carbocycles. The first kappa shape index (κ1) is 21.8. The van der Waals surface area contributed by atoms with E-state index >= 15 is 0 Å². The molecule has 0 saturated carbocycles. The van der Waals surface area contributed by atoms with Crippen molar-refractivity contribution in [3.63, 3.8) is 0 Å². The molecule has 0 spiro atoms. The molecular formula is C22H24N4O5. The Hall–Kier alpha value is -3.88. The molecule has 9 nitrogen and oxygen atoms in total. The third-order valence-electron chi connectivity index (χ3n) is 4.75. The summed E-state index contributed by atoms with van der Waals surface area (Å²) in [4.78, 5) is 49.5. The number of anilines is 2. The summed E-state index contributed by atoms with van der Waals surface area (Å²) < 4.78 is 5.11. The second kappa shape index (κ2) is 9.75. The van der Waals surface area contributed by atoms with E-state index in [1.165, 1.54) is 6.92 Å². The molecule has 0 bridgehead atoms. The van der Waals surface area contributed by atoms with Crippen molar-refractivity contribution >= 4 is 35.1 Å². The molecule has 31 heavy (non-hydrogen) atoms. The molecule has 1 heterocycles. The van der Waals surface area contributed by atoms with Crippen LogP contribution in [0.2, 0.25) is 0 Å². The molecule has 5 amide bonds. The van der Waals surface area contributed by atoms with Crippen molar-refractivity contribution in [2.45, 2.75) is 25.8 Å². The molecule has 2 aromatic rings. The number of hydrogen-bond donors (Lipinski definition) is 3. The lowest BCUT2D eigenvalue weighted by Crippen LogP contribution is -2.34. The molecular weight excluding hydrogens is 400 g/mol. The topological polar surface area (TPSA) is 117 Å². The lowest BCUT2D eigenvalue weighted by Gasteiger charge is -2.13. The number of rotatable bonds is 8. The first-order chi connectivity index (χ1) is 14.9. The zero-order valence-corrected chi connectivity index (χ0v) is 17.3. The zero-order valence-electron chi connectivity index (χ0n) is 17.3. The predicted molar refractivity (Wildman–Crippen MR) is 115 cm³/mol. The Morgan fingerprint density at radius 1 is 1.06 bits per heavy atom. The minimum Gasteiger partial charge on any atom is -0.497 e. The average molecular weight is 424 g/mol. The van der Waals surface area contributed by atoms with Gasteiger partial charge in [0.1, 0.15) is 11.8 Å². The summed E-state index contributed by atoms with van der Waals surface area (Å²) in [6, 6.07) is 12.6. The van der Waals surface area contributed by atoms with Crippen LogP contribution in [-0.4, -0.2) is 48.3 Å². The number of carbonyl (C=O) groups is 4. The van der Waals surface area contributed by atoms with Crippen LogP contribution in [0.3, 0.4) is 0 Å². The number of nitrogens with zero attached hydrogens (tertiary/aromatic N) is 1. The smallest absolute Gasteiger partial charge is 0.324 e. The maximum Gasteiger partial charge on any atom is 0.324 e. The van der Waals surface area contributed by atoms with E-state index in [4.69, 9.17) is 4.74 Å². The summed E-state index contributed by atoms with van der Waals surface area (Å²) in [5.74, 6) is -0.346. The van der Waals surface area contributed by atoms with Gasteiger partial charge in [0.25, 0.3) is 5.91 Å². The number of hydrogen-bond acceptors (Lipinski definition) is 5. The van der Waals surface area contributed by atoms with Crippen LogP contribution in [0.5, 0.6) is 5.75 Å². The number of methoxy groups -OCH3 is 1. The number of benzene rings is 2. The molecule has 1 atom stereocenters. The highest BCUT2D eigenvalue weighted by molar-refractivity contribution is 6.07. The zero-order chi connectivity index (χ0) is 22.4. The van der Waals surface area contributed by atoms with Crippen LogP contribution in [0.15, 0.2) is 48.5 Å². The second-order valence-corrected chi connectivity index (χ2v) is 7.10. The van der Waals surface area contributed by atoms with Crippen molar-refractivity contribution in [3.8, 4) is 5.75 Å². The van der Waals surface area contributed by atoms with Crippen molar-refractivity contribution < 1.29 is 23.9 Å². The van der Waals surface area contributed by atoms with E-state index in [0.717, 1.165) is 16.2 Å². The van der Waals surface area contributed by atoms with Crippen molar-refractivity contribution in [3.05, 3.63) is 54.1 Å². The highest BCUT2D eigenvalue weighted by Gasteiger charge is 2.38. The van der Waals surface area contributed by atoms with Crippen LogP contribution >= 0.6 is 0 Å². The minimum absolute atomic E-state index is 0.187. The van der Waals surface area contributed by atoms with Gasteiger partial charge < -0.3 is 20.7 Å². The van der Waals surface area contributed by atoms with Gasteiger partial charge in [-0.15, -0.1) is 0 Å². The fraction of sp³-hybridized carbons (Fsp3) is 0.273. The van der Waals surface area contributed by atoms with E-state index in [1.54, 1.807) is 31.4 Å². The van der Waals surface area contributed by atoms with E-state index in [0.29, 0.717) is 17.8 Å². The third-order valence-corrected chi connectivity index (χ3v) is 4.75. The number of carbonyl (C=O) groups excluding carboxylic acids is 4. The molecule has 3 N–H and O–H groups in total. The average Bonchev–Trinajstić information content (AvgIpc) is 2.99. The van der Waals surface area contributed by atoms with Crippen molar-refractivity contribution in [1.29, 1.82) is 0 Å². The molecule has 162 valence electrons. The Labute approximate surface area is 179 Å². The van der Waals surface area contributed by atoms with Gasteiger partial charge in [0.15, 0.2) is 0 Å². The second-order valence-electron chi connectivity index (χ2n) is 7.10. The molecule has 1 aliphatic rings.